The topological polar surface area (TPSA) is 17.8 Å². The third kappa shape index (κ3) is 2.12. The van der Waals surface area contributed by atoms with Gasteiger partial charge in [-0.2, -0.15) is 0 Å². The minimum absolute atomic E-state index is 0.960. The fraction of sp³-hybridized carbons (Fsp3) is 0.400. The van der Waals surface area contributed by atoms with E-state index >= 15 is 0 Å². The van der Waals surface area contributed by atoms with Crippen molar-refractivity contribution >= 4 is 0 Å². The molecule has 2 nitrogen and oxygen atoms in total. The van der Waals surface area contributed by atoms with Crippen molar-refractivity contribution in [3.05, 3.63) is 53.1 Å². The molecule has 0 fully saturated rings. The molecule has 0 amide bonds. The predicted octanol–water partition coefficient (Wildman–Crippen LogP) is 3.12. The first kappa shape index (κ1) is 10.6. The van der Waals surface area contributed by atoms with E-state index < -0.39 is 0 Å². The lowest BCUT2D eigenvalue weighted by Crippen LogP contribution is -2.12. The molecule has 0 aliphatic carbocycles. The lowest BCUT2D eigenvalue weighted by atomic mass is 10.1. The molecule has 3 rings (SSSR count). The first-order chi connectivity index (χ1) is 8.33. The summed E-state index contributed by atoms with van der Waals surface area (Å²) in [6, 6.07) is 8.72. The Morgan fingerprint density at radius 2 is 2.24 bits per heavy atom. The van der Waals surface area contributed by atoms with Crippen molar-refractivity contribution in [2.75, 3.05) is 0 Å². The molecule has 2 heteroatoms. The van der Waals surface area contributed by atoms with Gasteiger partial charge in [0, 0.05) is 24.9 Å². The molecule has 0 N–H and O–H groups in total. The highest BCUT2D eigenvalue weighted by Gasteiger charge is 2.13. The van der Waals surface area contributed by atoms with Crippen LogP contribution in [0.2, 0.25) is 0 Å². The summed E-state index contributed by atoms with van der Waals surface area (Å²) >= 11 is 0. The van der Waals surface area contributed by atoms with E-state index in [-0.39, 0.29) is 0 Å². The SMILES string of the molecule is Cc1cccc(Cc2ncc3n2CCCC3)c1. The zero-order valence-corrected chi connectivity index (χ0v) is 10.3. The van der Waals surface area contributed by atoms with Crippen LogP contribution in [0, 0.1) is 6.92 Å². The molecule has 2 aromatic rings. The maximum Gasteiger partial charge on any atom is 0.113 e. The third-order valence-corrected chi connectivity index (χ3v) is 3.53. The van der Waals surface area contributed by atoms with Gasteiger partial charge in [0.1, 0.15) is 5.82 Å². The van der Waals surface area contributed by atoms with Gasteiger partial charge in [-0.1, -0.05) is 29.8 Å². The molecule has 0 unspecified atom stereocenters. The van der Waals surface area contributed by atoms with Gasteiger partial charge in [-0.3, -0.25) is 0 Å². The number of aryl methyl sites for hydroxylation is 2. The zero-order chi connectivity index (χ0) is 11.7. The van der Waals surface area contributed by atoms with Gasteiger partial charge in [-0.05, 0) is 31.7 Å². The Bertz CT molecular complexity index is 525. The third-order valence-electron chi connectivity index (χ3n) is 3.53. The average molecular weight is 226 g/mol. The Morgan fingerprint density at radius 3 is 3.12 bits per heavy atom. The number of aromatic nitrogens is 2. The molecule has 2 heterocycles. The van der Waals surface area contributed by atoms with Crippen LogP contribution in [0.15, 0.2) is 30.5 Å². The van der Waals surface area contributed by atoms with Crippen molar-refractivity contribution < 1.29 is 0 Å². The summed E-state index contributed by atoms with van der Waals surface area (Å²) in [5, 5.41) is 0. The van der Waals surface area contributed by atoms with Gasteiger partial charge in [0.25, 0.3) is 0 Å². The Morgan fingerprint density at radius 1 is 1.29 bits per heavy atom. The summed E-state index contributed by atoms with van der Waals surface area (Å²) in [6.07, 6.45) is 6.83. The number of hydrogen-bond donors (Lipinski definition) is 0. The number of benzene rings is 1. The normalized spacial score (nSPS) is 14.6. The summed E-state index contributed by atoms with van der Waals surface area (Å²) in [6.45, 7) is 3.29. The molecular weight excluding hydrogens is 208 g/mol. The van der Waals surface area contributed by atoms with E-state index in [2.05, 4.69) is 46.9 Å². The van der Waals surface area contributed by atoms with Crippen LogP contribution >= 0.6 is 0 Å². The highest BCUT2D eigenvalue weighted by molar-refractivity contribution is 5.25. The molecule has 17 heavy (non-hydrogen) atoms. The van der Waals surface area contributed by atoms with Crippen molar-refractivity contribution in [3.8, 4) is 0 Å². The van der Waals surface area contributed by atoms with Crippen LogP contribution in [0.1, 0.15) is 35.5 Å². The van der Waals surface area contributed by atoms with Gasteiger partial charge in [0.15, 0.2) is 0 Å². The van der Waals surface area contributed by atoms with Crippen LogP contribution < -0.4 is 0 Å². The summed E-state index contributed by atoms with van der Waals surface area (Å²) in [5.41, 5.74) is 4.11. The molecule has 0 bridgehead atoms. The summed E-state index contributed by atoms with van der Waals surface area (Å²) < 4.78 is 2.41. The van der Waals surface area contributed by atoms with Crippen molar-refractivity contribution in [1.29, 1.82) is 0 Å². The number of nitrogens with zero attached hydrogens (tertiary/aromatic N) is 2. The lowest BCUT2D eigenvalue weighted by Gasteiger charge is -2.16. The van der Waals surface area contributed by atoms with Crippen molar-refractivity contribution in [1.82, 2.24) is 9.55 Å². The number of rotatable bonds is 2. The lowest BCUT2D eigenvalue weighted by molar-refractivity contribution is 0.518. The minimum atomic E-state index is 0.960. The van der Waals surface area contributed by atoms with Gasteiger partial charge in [-0.25, -0.2) is 4.98 Å². The van der Waals surface area contributed by atoms with E-state index in [0.717, 1.165) is 13.0 Å². The molecule has 1 aliphatic rings. The highest BCUT2D eigenvalue weighted by atomic mass is 15.1. The van der Waals surface area contributed by atoms with Crippen LogP contribution in [0.25, 0.3) is 0 Å². The molecule has 1 aliphatic heterocycles. The van der Waals surface area contributed by atoms with Gasteiger partial charge < -0.3 is 4.57 Å². The number of fused-ring (bicyclic) bond motifs is 1. The fourth-order valence-electron chi connectivity index (χ4n) is 2.65. The average Bonchev–Trinajstić information content (AvgIpc) is 2.73. The van der Waals surface area contributed by atoms with Gasteiger partial charge in [0.05, 0.1) is 0 Å². The zero-order valence-electron chi connectivity index (χ0n) is 10.3. The minimum Gasteiger partial charge on any atom is -0.332 e. The molecule has 0 saturated carbocycles. The second-order valence-corrected chi connectivity index (χ2v) is 4.94. The van der Waals surface area contributed by atoms with E-state index in [1.807, 2.05) is 0 Å². The fourth-order valence-corrected chi connectivity index (χ4v) is 2.65. The molecule has 0 spiro atoms. The second kappa shape index (κ2) is 4.36. The Labute approximate surface area is 102 Å². The molecule has 0 radical (unpaired) electrons. The monoisotopic (exact) mass is 226 g/mol. The van der Waals surface area contributed by atoms with Crippen molar-refractivity contribution in [2.45, 2.75) is 39.2 Å². The summed E-state index contributed by atoms with van der Waals surface area (Å²) in [5.74, 6) is 1.23. The standard InChI is InChI=1S/C15H18N2/c1-12-5-4-6-13(9-12)10-15-16-11-14-7-2-3-8-17(14)15/h4-6,9,11H,2-3,7-8,10H2,1H3. The van der Waals surface area contributed by atoms with Gasteiger partial charge in [-0.15, -0.1) is 0 Å². The van der Waals surface area contributed by atoms with Crippen LogP contribution in [0.3, 0.4) is 0 Å². The van der Waals surface area contributed by atoms with E-state index in [1.54, 1.807) is 0 Å². The predicted molar refractivity (Wildman–Crippen MR) is 69.2 cm³/mol. The number of hydrogen-bond acceptors (Lipinski definition) is 1. The second-order valence-electron chi connectivity index (χ2n) is 4.94. The van der Waals surface area contributed by atoms with E-state index in [0.29, 0.717) is 0 Å². The van der Waals surface area contributed by atoms with Gasteiger partial charge >= 0.3 is 0 Å². The van der Waals surface area contributed by atoms with Gasteiger partial charge in [0.2, 0.25) is 0 Å². The first-order valence-electron chi connectivity index (χ1n) is 6.42. The smallest absolute Gasteiger partial charge is 0.113 e. The molecule has 1 aromatic heterocycles. The van der Waals surface area contributed by atoms with E-state index in [4.69, 9.17) is 0 Å². The highest BCUT2D eigenvalue weighted by Crippen LogP contribution is 2.18. The van der Waals surface area contributed by atoms with Crippen molar-refractivity contribution in [2.24, 2.45) is 0 Å². The molecule has 0 atom stereocenters. The Hall–Kier alpha value is -1.57. The molecular formula is C15H18N2. The Kier molecular flexibility index (Phi) is 2.71. The largest absolute Gasteiger partial charge is 0.332 e. The summed E-state index contributed by atoms with van der Waals surface area (Å²) in [7, 11) is 0. The quantitative estimate of drug-likeness (QED) is 0.769. The van der Waals surface area contributed by atoms with Crippen LogP contribution in [-0.2, 0) is 19.4 Å². The molecule has 88 valence electrons. The molecule has 1 aromatic carbocycles. The van der Waals surface area contributed by atoms with E-state index in [9.17, 15) is 0 Å². The van der Waals surface area contributed by atoms with Crippen LogP contribution in [0.5, 0.6) is 0 Å². The summed E-state index contributed by atoms with van der Waals surface area (Å²) in [4.78, 5) is 4.59. The Balaban J connectivity index is 1.88. The van der Waals surface area contributed by atoms with Crippen molar-refractivity contribution in [3.63, 3.8) is 0 Å². The first-order valence-corrected chi connectivity index (χ1v) is 6.42. The van der Waals surface area contributed by atoms with Crippen LogP contribution in [0.4, 0.5) is 0 Å². The number of imidazole rings is 1. The maximum atomic E-state index is 4.59. The molecule has 0 saturated heterocycles. The van der Waals surface area contributed by atoms with E-state index in [1.165, 1.54) is 41.9 Å². The maximum absolute atomic E-state index is 4.59. The van der Waals surface area contributed by atoms with Crippen LogP contribution in [-0.4, -0.2) is 9.55 Å².